The van der Waals surface area contributed by atoms with Gasteiger partial charge in [-0.05, 0) is 49.9 Å². The number of carbonyl (C=O) groups is 4. The van der Waals surface area contributed by atoms with E-state index in [0.717, 1.165) is 30.1 Å². The van der Waals surface area contributed by atoms with E-state index in [9.17, 15) is 19.2 Å². The number of hydrogen-bond donors (Lipinski definition) is 1. The van der Waals surface area contributed by atoms with Gasteiger partial charge in [0.05, 0.1) is 0 Å². The summed E-state index contributed by atoms with van der Waals surface area (Å²) in [7, 11) is 0. The predicted octanol–water partition coefficient (Wildman–Crippen LogP) is 2.21. The highest BCUT2D eigenvalue weighted by atomic mass is 16.2. The van der Waals surface area contributed by atoms with Gasteiger partial charge in [-0.15, -0.1) is 0 Å². The van der Waals surface area contributed by atoms with E-state index in [-0.39, 0.29) is 6.54 Å². The van der Waals surface area contributed by atoms with Crippen LogP contribution >= 0.6 is 0 Å². The minimum absolute atomic E-state index is 0.190. The van der Waals surface area contributed by atoms with E-state index in [4.69, 9.17) is 0 Å². The molecule has 28 heavy (non-hydrogen) atoms. The van der Waals surface area contributed by atoms with Gasteiger partial charge in [-0.3, -0.25) is 19.3 Å². The van der Waals surface area contributed by atoms with Gasteiger partial charge >= 0.3 is 17.8 Å². The molecule has 2 fully saturated rings. The topological polar surface area (TPSA) is 90.0 Å². The van der Waals surface area contributed by atoms with Crippen LogP contribution in [0.3, 0.4) is 0 Å². The van der Waals surface area contributed by atoms with Crippen molar-refractivity contribution in [2.24, 2.45) is 0 Å². The van der Waals surface area contributed by atoms with Crippen molar-refractivity contribution in [2.45, 2.75) is 39.0 Å². The number of anilines is 2. The first kappa shape index (κ1) is 19.9. The highest BCUT2D eigenvalue weighted by Gasteiger charge is 2.44. The third kappa shape index (κ3) is 4.32. The lowest BCUT2D eigenvalue weighted by atomic mass is 10.1. The van der Waals surface area contributed by atoms with Crippen LogP contribution in [0.5, 0.6) is 0 Å². The lowest BCUT2D eigenvalue weighted by Crippen LogP contribution is -2.39. The maximum atomic E-state index is 12.3. The zero-order chi connectivity index (χ0) is 20.1. The van der Waals surface area contributed by atoms with Crippen molar-refractivity contribution in [2.75, 3.05) is 36.4 Å². The van der Waals surface area contributed by atoms with Gasteiger partial charge in [-0.1, -0.05) is 13.3 Å². The summed E-state index contributed by atoms with van der Waals surface area (Å²) in [6.45, 7) is 3.71. The normalized spacial score (nSPS) is 17.5. The Balaban J connectivity index is 1.57. The highest BCUT2D eigenvalue weighted by molar-refractivity contribution is 6.45. The SMILES string of the molecule is CCCCN1C(=O)C(=O)N(CC(=O)Nc2ccc(N3CCCCC3)cc2)C1=O. The number of imide groups is 2. The summed E-state index contributed by atoms with van der Waals surface area (Å²) in [5.74, 6) is -2.33. The maximum absolute atomic E-state index is 12.3. The van der Waals surface area contributed by atoms with Crippen LogP contribution in [0.25, 0.3) is 0 Å². The number of nitrogens with zero attached hydrogens (tertiary/aromatic N) is 3. The molecule has 2 heterocycles. The van der Waals surface area contributed by atoms with Gasteiger partial charge in [0, 0.05) is 31.0 Å². The Labute approximate surface area is 164 Å². The fourth-order valence-electron chi connectivity index (χ4n) is 3.46. The average molecular weight is 386 g/mol. The molecule has 8 nitrogen and oxygen atoms in total. The van der Waals surface area contributed by atoms with E-state index < -0.39 is 30.3 Å². The molecule has 1 aromatic rings. The van der Waals surface area contributed by atoms with E-state index in [1.807, 2.05) is 19.1 Å². The van der Waals surface area contributed by atoms with Gasteiger partial charge in [0.1, 0.15) is 6.54 Å². The Hall–Kier alpha value is -2.90. The van der Waals surface area contributed by atoms with E-state index in [1.54, 1.807) is 12.1 Å². The number of urea groups is 1. The Morgan fingerprint density at radius 3 is 2.25 bits per heavy atom. The minimum atomic E-state index is -0.948. The van der Waals surface area contributed by atoms with E-state index >= 15 is 0 Å². The second kappa shape index (κ2) is 8.86. The molecule has 0 radical (unpaired) electrons. The third-order valence-corrected chi connectivity index (χ3v) is 5.04. The number of hydrogen-bond acceptors (Lipinski definition) is 5. The van der Waals surface area contributed by atoms with Crippen molar-refractivity contribution in [3.05, 3.63) is 24.3 Å². The molecule has 0 aliphatic carbocycles. The van der Waals surface area contributed by atoms with Crippen LogP contribution in [0.15, 0.2) is 24.3 Å². The molecule has 0 spiro atoms. The van der Waals surface area contributed by atoms with Crippen molar-refractivity contribution in [1.82, 2.24) is 9.80 Å². The second-order valence-electron chi connectivity index (χ2n) is 7.13. The van der Waals surface area contributed by atoms with Crippen LogP contribution in [0, 0.1) is 0 Å². The summed E-state index contributed by atoms with van der Waals surface area (Å²) in [6, 6.07) is 6.77. The molecule has 0 atom stereocenters. The molecule has 0 saturated carbocycles. The van der Waals surface area contributed by atoms with E-state index in [0.29, 0.717) is 17.0 Å². The van der Waals surface area contributed by atoms with Crippen LogP contribution in [0.2, 0.25) is 0 Å². The lowest BCUT2D eigenvalue weighted by Gasteiger charge is -2.28. The molecule has 0 bridgehead atoms. The summed E-state index contributed by atoms with van der Waals surface area (Å²) in [5.41, 5.74) is 1.69. The summed E-state index contributed by atoms with van der Waals surface area (Å²) >= 11 is 0. The third-order valence-electron chi connectivity index (χ3n) is 5.04. The van der Waals surface area contributed by atoms with Gasteiger partial charge in [0.25, 0.3) is 0 Å². The maximum Gasteiger partial charge on any atom is 0.334 e. The van der Waals surface area contributed by atoms with E-state index in [1.165, 1.54) is 19.3 Å². The van der Waals surface area contributed by atoms with Crippen molar-refractivity contribution >= 4 is 35.1 Å². The second-order valence-corrected chi connectivity index (χ2v) is 7.13. The molecule has 2 aliphatic heterocycles. The first-order chi connectivity index (χ1) is 13.5. The molecule has 2 aliphatic rings. The molecule has 3 rings (SSSR count). The van der Waals surface area contributed by atoms with Crippen LogP contribution in [-0.2, 0) is 14.4 Å². The van der Waals surface area contributed by atoms with Crippen molar-refractivity contribution < 1.29 is 19.2 Å². The van der Waals surface area contributed by atoms with Gasteiger partial charge in [0.15, 0.2) is 0 Å². The number of amides is 5. The molecule has 1 N–H and O–H groups in total. The predicted molar refractivity (Wildman–Crippen MR) is 105 cm³/mol. The fraction of sp³-hybridized carbons (Fsp3) is 0.500. The van der Waals surface area contributed by atoms with Crippen LogP contribution < -0.4 is 10.2 Å². The Kier molecular flexibility index (Phi) is 6.28. The first-order valence-electron chi connectivity index (χ1n) is 9.83. The van der Waals surface area contributed by atoms with Crippen LogP contribution in [0.1, 0.15) is 39.0 Å². The number of unbranched alkanes of at least 4 members (excludes halogenated alkanes) is 1. The summed E-state index contributed by atoms with van der Waals surface area (Å²) in [4.78, 5) is 52.4. The van der Waals surface area contributed by atoms with E-state index in [2.05, 4.69) is 10.2 Å². The Bertz CT molecular complexity index is 756. The van der Waals surface area contributed by atoms with Gasteiger partial charge in [-0.2, -0.15) is 0 Å². The smallest absolute Gasteiger partial charge is 0.334 e. The van der Waals surface area contributed by atoms with Gasteiger partial charge in [-0.25, -0.2) is 9.69 Å². The standard InChI is InChI=1S/C20H26N4O4/c1-2-3-13-23-18(26)19(27)24(20(23)28)14-17(25)21-15-7-9-16(10-8-15)22-11-5-4-6-12-22/h7-10H,2-6,11-14H2,1H3,(H,21,25). The van der Waals surface area contributed by atoms with Gasteiger partial charge in [0.2, 0.25) is 5.91 Å². The van der Waals surface area contributed by atoms with Crippen LogP contribution in [-0.4, -0.2) is 59.7 Å². The zero-order valence-electron chi connectivity index (χ0n) is 16.1. The first-order valence-corrected chi connectivity index (χ1v) is 9.83. The van der Waals surface area contributed by atoms with Crippen molar-refractivity contribution in [3.8, 4) is 0 Å². The number of benzene rings is 1. The Morgan fingerprint density at radius 2 is 1.61 bits per heavy atom. The molecule has 5 amide bonds. The molecule has 0 aromatic heterocycles. The van der Waals surface area contributed by atoms with Gasteiger partial charge < -0.3 is 10.2 Å². The average Bonchev–Trinajstić information content (AvgIpc) is 2.91. The summed E-state index contributed by atoms with van der Waals surface area (Å²) in [5, 5.41) is 2.68. The lowest BCUT2D eigenvalue weighted by molar-refractivity contribution is -0.143. The molecule has 2 saturated heterocycles. The highest BCUT2D eigenvalue weighted by Crippen LogP contribution is 2.22. The molecule has 1 aromatic carbocycles. The summed E-state index contributed by atoms with van der Waals surface area (Å²) in [6.07, 6.45) is 5.04. The number of piperidine rings is 1. The number of rotatable bonds is 7. The molecular formula is C20H26N4O4. The minimum Gasteiger partial charge on any atom is -0.372 e. The molecule has 150 valence electrons. The quantitative estimate of drug-likeness (QED) is 0.573. The monoisotopic (exact) mass is 386 g/mol. The zero-order valence-corrected chi connectivity index (χ0v) is 16.1. The summed E-state index contributed by atoms with van der Waals surface area (Å²) < 4.78 is 0. The van der Waals surface area contributed by atoms with Crippen LogP contribution in [0.4, 0.5) is 16.2 Å². The fourth-order valence-corrected chi connectivity index (χ4v) is 3.46. The Morgan fingerprint density at radius 1 is 0.964 bits per heavy atom. The molecule has 0 unspecified atom stereocenters. The molecular weight excluding hydrogens is 360 g/mol. The number of nitrogens with one attached hydrogen (secondary N) is 1. The largest absolute Gasteiger partial charge is 0.372 e. The van der Waals surface area contributed by atoms with Crippen molar-refractivity contribution in [3.63, 3.8) is 0 Å². The number of carbonyl (C=O) groups excluding carboxylic acids is 4. The molecule has 8 heteroatoms. The van der Waals surface area contributed by atoms with Crippen molar-refractivity contribution in [1.29, 1.82) is 0 Å².